The fraction of sp³-hybridized carbons (Fsp3) is 0.833. The molecule has 2 heterocycles. The monoisotopic (exact) mass is 192 g/mol. The Morgan fingerprint density at radius 1 is 1.14 bits per heavy atom. The Bertz CT molecular complexity index is 237. The van der Waals surface area contributed by atoms with E-state index < -0.39 is 0 Å². The van der Waals surface area contributed by atoms with Crippen LogP contribution in [0.1, 0.15) is 19.8 Å². The number of rotatable bonds is 1. The highest BCUT2D eigenvalue weighted by Crippen LogP contribution is 2.24. The quantitative estimate of drug-likeness (QED) is 0.573. The highest BCUT2D eigenvalue weighted by atomic mass is 15.2. The predicted molar refractivity (Wildman–Crippen MR) is 59.0 cm³/mol. The van der Waals surface area contributed by atoms with Crippen LogP contribution in [0.2, 0.25) is 0 Å². The molecule has 0 atom stereocenters. The summed E-state index contributed by atoms with van der Waals surface area (Å²) in [5.74, 6) is 6.94. The van der Waals surface area contributed by atoms with Gasteiger partial charge in [-0.3, -0.25) is 4.90 Å². The van der Waals surface area contributed by atoms with Crippen LogP contribution in [0.4, 0.5) is 0 Å². The molecule has 0 aromatic carbocycles. The van der Waals surface area contributed by atoms with Gasteiger partial charge in [0.05, 0.1) is 0 Å². The summed E-state index contributed by atoms with van der Waals surface area (Å²) in [5.41, 5.74) is 0. The van der Waals surface area contributed by atoms with Gasteiger partial charge < -0.3 is 4.90 Å². The van der Waals surface area contributed by atoms with E-state index in [1.807, 2.05) is 6.92 Å². The molecule has 2 heteroatoms. The van der Waals surface area contributed by atoms with Crippen LogP contribution in [-0.2, 0) is 0 Å². The Morgan fingerprint density at radius 3 is 2.36 bits per heavy atom. The van der Waals surface area contributed by atoms with Crippen molar-refractivity contribution in [1.82, 2.24) is 9.80 Å². The molecule has 14 heavy (non-hydrogen) atoms. The fourth-order valence-corrected chi connectivity index (χ4v) is 2.47. The van der Waals surface area contributed by atoms with E-state index in [9.17, 15) is 0 Å². The van der Waals surface area contributed by atoms with Crippen molar-refractivity contribution in [3.05, 3.63) is 0 Å². The smallest absolute Gasteiger partial charge is 0.0457 e. The lowest BCUT2D eigenvalue weighted by Crippen LogP contribution is -2.54. The van der Waals surface area contributed by atoms with Gasteiger partial charge in [-0.15, -0.1) is 5.92 Å². The highest BCUT2D eigenvalue weighted by Gasteiger charge is 2.32. The maximum atomic E-state index is 3.26. The Hall–Kier alpha value is -0.520. The van der Waals surface area contributed by atoms with Crippen molar-refractivity contribution in [2.24, 2.45) is 5.92 Å². The third kappa shape index (κ3) is 2.10. The van der Waals surface area contributed by atoms with Crippen molar-refractivity contribution in [1.29, 1.82) is 0 Å². The Balaban J connectivity index is 1.73. The molecular formula is C12H20N2. The Morgan fingerprint density at radius 2 is 1.79 bits per heavy atom. The molecule has 0 aromatic rings. The zero-order valence-electron chi connectivity index (χ0n) is 9.29. The van der Waals surface area contributed by atoms with Crippen molar-refractivity contribution in [2.75, 3.05) is 33.2 Å². The fourth-order valence-electron chi connectivity index (χ4n) is 2.47. The topological polar surface area (TPSA) is 6.48 Å². The second-order valence-electron chi connectivity index (χ2n) is 4.58. The molecule has 0 saturated carbocycles. The molecule has 0 amide bonds. The molecule has 2 rings (SSSR count). The van der Waals surface area contributed by atoms with Crippen LogP contribution in [0.5, 0.6) is 0 Å². The third-order valence-corrected chi connectivity index (χ3v) is 3.46. The summed E-state index contributed by atoms with van der Waals surface area (Å²) < 4.78 is 0. The highest BCUT2D eigenvalue weighted by molar-refractivity contribution is 5.08. The number of nitrogens with zero attached hydrogens (tertiary/aromatic N) is 2. The van der Waals surface area contributed by atoms with E-state index in [2.05, 4.69) is 28.7 Å². The molecule has 2 nitrogen and oxygen atoms in total. The summed E-state index contributed by atoms with van der Waals surface area (Å²) in [4.78, 5) is 5.04. The molecule has 78 valence electrons. The van der Waals surface area contributed by atoms with Gasteiger partial charge in [-0.1, -0.05) is 5.92 Å². The third-order valence-electron chi connectivity index (χ3n) is 3.46. The van der Waals surface area contributed by atoms with Gasteiger partial charge in [0, 0.05) is 25.0 Å². The Kier molecular flexibility index (Phi) is 3.10. The van der Waals surface area contributed by atoms with Crippen LogP contribution in [0.3, 0.4) is 0 Å². The molecule has 0 aromatic heterocycles. The molecule has 2 aliphatic rings. The summed E-state index contributed by atoms with van der Waals surface area (Å²) in [6, 6.07) is 0.848. The van der Waals surface area contributed by atoms with Crippen LogP contribution in [0, 0.1) is 17.8 Å². The molecule has 0 radical (unpaired) electrons. The normalized spacial score (nSPS) is 26.7. The van der Waals surface area contributed by atoms with Crippen molar-refractivity contribution in [3.63, 3.8) is 0 Å². The minimum atomic E-state index is 0.666. The zero-order chi connectivity index (χ0) is 9.97. The number of hydrogen-bond donors (Lipinski definition) is 0. The van der Waals surface area contributed by atoms with Crippen molar-refractivity contribution in [3.8, 4) is 11.8 Å². The first-order chi connectivity index (χ1) is 6.79. The van der Waals surface area contributed by atoms with Crippen molar-refractivity contribution >= 4 is 0 Å². The summed E-state index contributed by atoms with van der Waals surface area (Å²) in [5, 5.41) is 0. The maximum absolute atomic E-state index is 3.26. The first-order valence-corrected chi connectivity index (χ1v) is 5.64. The number of likely N-dealkylation sites (tertiary alicyclic amines) is 2. The molecular weight excluding hydrogens is 172 g/mol. The molecule has 0 unspecified atom stereocenters. The number of piperidine rings is 1. The van der Waals surface area contributed by atoms with Gasteiger partial charge in [-0.05, 0) is 39.9 Å². The van der Waals surface area contributed by atoms with E-state index in [1.165, 1.54) is 39.0 Å². The second kappa shape index (κ2) is 4.33. The van der Waals surface area contributed by atoms with E-state index in [1.54, 1.807) is 0 Å². The molecule has 0 spiro atoms. The van der Waals surface area contributed by atoms with Gasteiger partial charge in [-0.2, -0.15) is 0 Å². The largest absolute Gasteiger partial charge is 0.306 e. The molecule has 2 saturated heterocycles. The van der Waals surface area contributed by atoms with E-state index in [-0.39, 0.29) is 0 Å². The average Bonchev–Trinajstić information content (AvgIpc) is 2.13. The van der Waals surface area contributed by atoms with Gasteiger partial charge in [0.1, 0.15) is 0 Å². The van der Waals surface area contributed by atoms with E-state index >= 15 is 0 Å². The van der Waals surface area contributed by atoms with Crippen molar-refractivity contribution < 1.29 is 0 Å². The standard InChI is InChI=1S/C12H20N2/c1-3-4-11-9-14(10-11)12-5-7-13(2)8-6-12/h11-12H,5-10H2,1-2H3. The van der Waals surface area contributed by atoms with Gasteiger partial charge in [0.15, 0.2) is 0 Å². The van der Waals surface area contributed by atoms with Gasteiger partial charge in [-0.25, -0.2) is 0 Å². The minimum Gasteiger partial charge on any atom is -0.306 e. The van der Waals surface area contributed by atoms with Gasteiger partial charge in [0.25, 0.3) is 0 Å². The minimum absolute atomic E-state index is 0.666. The van der Waals surface area contributed by atoms with E-state index in [4.69, 9.17) is 0 Å². The molecule has 0 bridgehead atoms. The lowest BCUT2D eigenvalue weighted by molar-refractivity contribution is 0.0449. The lowest BCUT2D eigenvalue weighted by atomic mass is 9.94. The summed E-state index contributed by atoms with van der Waals surface area (Å²) in [7, 11) is 2.22. The SMILES string of the molecule is CC#CC1CN(C2CCN(C)CC2)C1. The number of hydrogen-bond acceptors (Lipinski definition) is 2. The van der Waals surface area contributed by atoms with Crippen LogP contribution < -0.4 is 0 Å². The summed E-state index contributed by atoms with van der Waals surface area (Å²) in [6.07, 6.45) is 2.70. The van der Waals surface area contributed by atoms with Crippen LogP contribution in [-0.4, -0.2) is 49.1 Å². The van der Waals surface area contributed by atoms with E-state index in [0.717, 1.165) is 6.04 Å². The Labute approximate surface area is 87.3 Å². The molecule has 0 N–H and O–H groups in total. The first kappa shape index (κ1) is 10.0. The lowest BCUT2D eigenvalue weighted by Gasteiger charge is -2.45. The van der Waals surface area contributed by atoms with Crippen LogP contribution in [0.25, 0.3) is 0 Å². The average molecular weight is 192 g/mol. The van der Waals surface area contributed by atoms with Crippen molar-refractivity contribution in [2.45, 2.75) is 25.8 Å². The zero-order valence-corrected chi connectivity index (χ0v) is 9.29. The van der Waals surface area contributed by atoms with Crippen LogP contribution >= 0.6 is 0 Å². The van der Waals surface area contributed by atoms with E-state index in [0.29, 0.717) is 5.92 Å². The second-order valence-corrected chi connectivity index (χ2v) is 4.58. The summed E-state index contributed by atoms with van der Waals surface area (Å²) >= 11 is 0. The summed E-state index contributed by atoms with van der Waals surface area (Å²) in [6.45, 7) is 6.92. The van der Waals surface area contributed by atoms with Crippen LogP contribution in [0.15, 0.2) is 0 Å². The van der Waals surface area contributed by atoms with Gasteiger partial charge in [0.2, 0.25) is 0 Å². The molecule has 2 aliphatic heterocycles. The predicted octanol–water partition coefficient (Wildman–Crippen LogP) is 1.04. The maximum Gasteiger partial charge on any atom is 0.0457 e. The van der Waals surface area contributed by atoms with Gasteiger partial charge >= 0.3 is 0 Å². The first-order valence-electron chi connectivity index (χ1n) is 5.64. The molecule has 2 fully saturated rings. The molecule has 0 aliphatic carbocycles.